The number of esters is 1. The van der Waals surface area contributed by atoms with Gasteiger partial charge in [0.1, 0.15) is 6.04 Å². The van der Waals surface area contributed by atoms with Crippen molar-refractivity contribution in [2.45, 2.75) is 116 Å². The first-order valence-corrected chi connectivity index (χ1v) is 12.4. The zero-order valence-electron chi connectivity index (χ0n) is 19.6. The van der Waals surface area contributed by atoms with Crippen LogP contribution in [-0.2, 0) is 20.5 Å². The highest BCUT2D eigenvalue weighted by atomic mass is 32.2. The molecule has 0 saturated carbocycles. The Hall–Kier alpha value is -0.630. The molecule has 30 heavy (non-hydrogen) atoms. The van der Waals surface area contributed by atoms with Crippen molar-refractivity contribution in [2.24, 2.45) is 11.8 Å². The molecule has 0 unspecified atom stereocenters. The largest absolute Gasteiger partial charge is 0.465 e. The van der Waals surface area contributed by atoms with Gasteiger partial charge in [-0.25, -0.2) is 8.93 Å². The second kappa shape index (κ2) is 14.4. The molecule has 0 aromatic heterocycles. The summed E-state index contributed by atoms with van der Waals surface area (Å²) in [4.78, 5) is 12.5. The molecule has 0 saturated heterocycles. The van der Waals surface area contributed by atoms with E-state index in [1.165, 1.54) is 19.3 Å². The van der Waals surface area contributed by atoms with Crippen LogP contribution in [-0.4, -0.2) is 33.8 Å². The highest BCUT2D eigenvalue weighted by molar-refractivity contribution is 7.84. The van der Waals surface area contributed by atoms with Crippen LogP contribution in [0.1, 0.15) is 99.3 Å². The minimum atomic E-state index is -4.71. The number of halogens is 3. The van der Waals surface area contributed by atoms with Gasteiger partial charge in [0.15, 0.2) is 0 Å². The second-order valence-corrected chi connectivity index (χ2v) is 11.4. The summed E-state index contributed by atoms with van der Waals surface area (Å²) in [5.74, 6) is -2.25. The molecule has 0 bridgehead atoms. The van der Waals surface area contributed by atoms with Crippen molar-refractivity contribution in [3.63, 3.8) is 0 Å². The maximum absolute atomic E-state index is 13.8. The Morgan fingerprint density at radius 2 is 1.47 bits per heavy atom. The Morgan fingerprint density at radius 3 is 1.90 bits per heavy atom. The summed E-state index contributed by atoms with van der Waals surface area (Å²) < 4.78 is 60.3. The fourth-order valence-electron chi connectivity index (χ4n) is 2.94. The molecule has 180 valence electrons. The zero-order valence-corrected chi connectivity index (χ0v) is 20.4. The normalized spacial score (nSPS) is 15.8. The Kier molecular flexibility index (Phi) is 14.1. The minimum absolute atomic E-state index is 0.0266. The van der Waals surface area contributed by atoms with E-state index in [9.17, 15) is 22.2 Å². The third-order valence-corrected chi connectivity index (χ3v) is 6.36. The van der Waals surface area contributed by atoms with Gasteiger partial charge in [-0.2, -0.15) is 13.2 Å². The summed E-state index contributed by atoms with van der Waals surface area (Å²) in [6.07, 6.45) is 3.30. The van der Waals surface area contributed by atoms with Crippen molar-refractivity contribution in [2.75, 3.05) is 6.61 Å². The number of ether oxygens (including phenoxy) is 1. The van der Waals surface area contributed by atoms with Crippen molar-refractivity contribution in [3.05, 3.63) is 0 Å². The number of alkyl halides is 3. The summed E-state index contributed by atoms with van der Waals surface area (Å²) >= 11 is 0. The van der Waals surface area contributed by atoms with Crippen LogP contribution >= 0.6 is 0 Å². The zero-order chi connectivity index (χ0) is 23.4. The summed E-state index contributed by atoms with van der Waals surface area (Å²) in [6.45, 7) is 10.6. The molecule has 0 fully saturated rings. The van der Waals surface area contributed by atoms with Gasteiger partial charge in [-0.1, -0.05) is 72.1 Å². The molecule has 0 aromatic rings. The molecule has 0 aliphatic rings. The third kappa shape index (κ3) is 12.9. The maximum atomic E-state index is 13.8. The molecule has 0 aliphatic heterocycles. The summed E-state index contributed by atoms with van der Waals surface area (Å²) in [6, 6.07) is -2.19. The van der Waals surface area contributed by atoms with E-state index in [0.717, 1.165) is 25.7 Å². The van der Waals surface area contributed by atoms with Crippen molar-refractivity contribution >= 4 is 17.0 Å². The first kappa shape index (κ1) is 29.4. The van der Waals surface area contributed by atoms with Crippen LogP contribution in [0.5, 0.6) is 0 Å². The highest BCUT2D eigenvalue weighted by Crippen LogP contribution is 2.31. The Morgan fingerprint density at radius 1 is 0.967 bits per heavy atom. The lowest BCUT2D eigenvalue weighted by atomic mass is 9.93. The Balaban J connectivity index is 5.12. The van der Waals surface area contributed by atoms with Gasteiger partial charge in [0, 0.05) is 0 Å². The molecule has 0 aromatic carbocycles. The van der Waals surface area contributed by atoms with Gasteiger partial charge in [0.05, 0.1) is 28.3 Å². The lowest BCUT2D eigenvalue weighted by Gasteiger charge is -2.31. The van der Waals surface area contributed by atoms with E-state index in [0.29, 0.717) is 6.42 Å². The van der Waals surface area contributed by atoms with Gasteiger partial charge in [0.2, 0.25) is 0 Å². The van der Waals surface area contributed by atoms with E-state index in [1.54, 1.807) is 20.8 Å². The van der Waals surface area contributed by atoms with Crippen LogP contribution in [0.25, 0.3) is 0 Å². The molecule has 0 radical (unpaired) electrons. The number of nitrogens with one attached hydrogen (secondary N) is 1. The van der Waals surface area contributed by atoms with Gasteiger partial charge >= 0.3 is 12.1 Å². The first-order chi connectivity index (χ1) is 13.8. The van der Waals surface area contributed by atoms with Crippen LogP contribution in [0.3, 0.4) is 0 Å². The lowest BCUT2D eigenvalue weighted by Crippen LogP contribution is -2.53. The molecule has 0 rings (SSSR count). The van der Waals surface area contributed by atoms with Crippen molar-refractivity contribution in [1.82, 2.24) is 4.72 Å². The SMILES string of the molecule is CCCCCCCCCC[C@@H](C(=O)OCC(C)C)[C@@H](N[S@](=O)C(C)(C)C)C(F)(F)F. The molecule has 0 amide bonds. The Bertz CT molecular complexity index is 505. The van der Waals surface area contributed by atoms with E-state index >= 15 is 0 Å². The summed E-state index contributed by atoms with van der Waals surface area (Å²) in [5.41, 5.74) is 0. The number of carbonyl (C=O) groups is 1. The Labute approximate surface area is 183 Å². The van der Waals surface area contributed by atoms with Crippen LogP contribution in [0.2, 0.25) is 0 Å². The van der Waals surface area contributed by atoms with Crippen molar-refractivity contribution in [1.29, 1.82) is 0 Å². The van der Waals surface area contributed by atoms with E-state index in [-0.39, 0.29) is 18.9 Å². The van der Waals surface area contributed by atoms with Crippen molar-refractivity contribution < 1.29 is 26.9 Å². The topological polar surface area (TPSA) is 55.4 Å². The van der Waals surface area contributed by atoms with Gasteiger partial charge < -0.3 is 4.74 Å². The van der Waals surface area contributed by atoms with Gasteiger partial charge in [-0.15, -0.1) is 0 Å². The molecule has 8 heteroatoms. The quantitative estimate of drug-likeness (QED) is 0.231. The van der Waals surface area contributed by atoms with Crippen LogP contribution < -0.4 is 4.72 Å². The number of hydrogen-bond donors (Lipinski definition) is 1. The maximum Gasteiger partial charge on any atom is 0.405 e. The smallest absolute Gasteiger partial charge is 0.405 e. The molecular formula is C22H42F3NO3S. The molecule has 3 atom stereocenters. The number of rotatable bonds is 15. The van der Waals surface area contributed by atoms with E-state index in [2.05, 4.69) is 11.6 Å². The fraction of sp³-hybridized carbons (Fsp3) is 0.955. The van der Waals surface area contributed by atoms with E-state index < -0.39 is 39.8 Å². The number of unbranched alkanes of at least 4 members (excludes halogenated alkanes) is 7. The van der Waals surface area contributed by atoms with Gasteiger partial charge in [0.25, 0.3) is 0 Å². The first-order valence-electron chi connectivity index (χ1n) is 11.2. The predicted octanol–water partition coefficient (Wildman–Crippen LogP) is 6.32. The molecule has 0 aliphatic carbocycles. The average molecular weight is 458 g/mol. The van der Waals surface area contributed by atoms with Crippen molar-refractivity contribution in [3.8, 4) is 0 Å². The molecule has 1 N–H and O–H groups in total. The number of hydrogen-bond acceptors (Lipinski definition) is 3. The second-order valence-electron chi connectivity index (χ2n) is 9.41. The summed E-state index contributed by atoms with van der Waals surface area (Å²) in [5, 5.41) is 0. The fourth-order valence-corrected chi connectivity index (χ4v) is 3.83. The van der Waals surface area contributed by atoms with Crippen LogP contribution in [0.4, 0.5) is 13.2 Å². The van der Waals surface area contributed by atoms with Gasteiger partial charge in [-0.05, 0) is 33.1 Å². The molecule has 0 spiro atoms. The van der Waals surface area contributed by atoms with Crippen LogP contribution in [0.15, 0.2) is 0 Å². The molecule has 0 heterocycles. The van der Waals surface area contributed by atoms with E-state index in [4.69, 9.17) is 4.74 Å². The lowest BCUT2D eigenvalue weighted by molar-refractivity contribution is -0.180. The highest BCUT2D eigenvalue weighted by Gasteiger charge is 2.49. The monoisotopic (exact) mass is 457 g/mol. The number of carbonyl (C=O) groups excluding carboxylic acids is 1. The summed E-state index contributed by atoms with van der Waals surface area (Å²) in [7, 11) is -1.96. The van der Waals surface area contributed by atoms with Crippen LogP contribution in [0, 0.1) is 11.8 Å². The molecule has 4 nitrogen and oxygen atoms in total. The molecular weight excluding hydrogens is 415 g/mol. The average Bonchev–Trinajstić information content (AvgIpc) is 2.61. The minimum Gasteiger partial charge on any atom is -0.465 e. The van der Waals surface area contributed by atoms with E-state index in [1.807, 2.05) is 13.8 Å². The standard InChI is InChI=1S/C22H42F3NO3S/c1-7-8-9-10-11-12-13-14-15-18(20(27)29-16-17(2)3)19(22(23,24)25)26-30(28)21(4,5)6/h17-19,26H,7-16H2,1-6H3/t18-,19-,30-/m1/s1. The van der Waals surface area contributed by atoms with Gasteiger partial charge in [-0.3, -0.25) is 4.79 Å². The third-order valence-electron chi connectivity index (χ3n) is 4.78. The predicted molar refractivity (Wildman–Crippen MR) is 117 cm³/mol.